The van der Waals surface area contributed by atoms with Crippen LogP contribution in [0.3, 0.4) is 0 Å². The molecule has 1 aromatic carbocycles. The smallest absolute Gasteiger partial charge is 0.255 e. The molecule has 0 saturated carbocycles. The van der Waals surface area contributed by atoms with E-state index in [-0.39, 0.29) is 22.4 Å². The average Bonchev–Trinajstić information content (AvgIpc) is 2.39. The Morgan fingerprint density at radius 2 is 1.95 bits per heavy atom. The van der Waals surface area contributed by atoms with E-state index in [1.165, 1.54) is 6.07 Å². The van der Waals surface area contributed by atoms with E-state index in [1.807, 2.05) is 13.8 Å². The molecule has 1 fully saturated rings. The van der Waals surface area contributed by atoms with Gasteiger partial charge < -0.3 is 4.90 Å². The van der Waals surface area contributed by atoms with Gasteiger partial charge in [-0.1, -0.05) is 18.6 Å². The number of benzene rings is 1. The minimum Gasteiger partial charge on any atom is -0.336 e. The predicted octanol–water partition coefficient (Wildman–Crippen LogP) is 1.90. The normalized spacial score (nSPS) is 23.1. The number of primary sulfonamides is 1. The summed E-state index contributed by atoms with van der Waals surface area (Å²) < 4.78 is 23.4. The third-order valence-corrected chi connectivity index (χ3v) is 5.02. The number of amides is 1. The molecule has 1 amide bonds. The molecule has 0 bridgehead atoms. The molecule has 5 nitrogen and oxygen atoms in total. The summed E-state index contributed by atoms with van der Waals surface area (Å²) in [5.74, 6) is 0.176. The van der Waals surface area contributed by atoms with Crippen molar-refractivity contribution in [3.8, 4) is 0 Å². The monoisotopic (exact) mass is 310 g/mol. The first-order valence-electron chi connectivity index (χ1n) is 7.14. The van der Waals surface area contributed by atoms with Gasteiger partial charge in [0.2, 0.25) is 10.0 Å². The highest BCUT2D eigenvalue weighted by atomic mass is 32.2. The summed E-state index contributed by atoms with van der Waals surface area (Å²) in [6.45, 7) is 6.57. The summed E-state index contributed by atoms with van der Waals surface area (Å²) in [6, 6.07) is 4.78. The van der Waals surface area contributed by atoms with Crippen LogP contribution in [-0.4, -0.2) is 31.8 Å². The number of aryl methyl sites for hydroxylation is 1. The minimum absolute atomic E-state index is 0.0940. The molecule has 2 N–H and O–H groups in total. The second-order valence-electron chi connectivity index (χ2n) is 6.03. The first-order valence-corrected chi connectivity index (χ1v) is 8.69. The lowest BCUT2D eigenvalue weighted by Crippen LogP contribution is -2.45. The van der Waals surface area contributed by atoms with E-state index in [0.29, 0.717) is 12.5 Å². The molecule has 2 unspecified atom stereocenters. The van der Waals surface area contributed by atoms with E-state index in [4.69, 9.17) is 5.14 Å². The Morgan fingerprint density at radius 1 is 1.29 bits per heavy atom. The van der Waals surface area contributed by atoms with Gasteiger partial charge in [-0.3, -0.25) is 4.79 Å². The van der Waals surface area contributed by atoms with Crippen LogP contribution >= 0.6 is 0 Å². The Kier molecular flexibility index (Phi) is 4.39. The zero-order valence-electron chi connectivity index (χ0n) is 12.7. The van der Waals surface area contributed by atoms with Gasteiger partial charge >= 0.3 is 0 Å². The maximum Gasteiger partial charge on any atom is 0.255 e. The summed E-state index contributed by atoms with van der Waals surface area (Å²) >= 11 is 0. The molecule has 1 heterocycles. The quantitative estimate of drug-likeness (QED) is 0.906. The Morgan fingerprint density at radius 3 is 2.57 bits per heavy atom. The molecule has 0 aliphatic carbocycles. The standard InChI is InChI=1S/C15H22N2O3S/c1-10-5-7-14(21(16,19)20)13(8-10)15(18)17-9-11(2)4-6-12(17)3/h5,7-8,11-12H,4,6,9H2,1-3H3,(H2,16,19,20). The molecule has 1 aliphatic rings. The van der Waals surface area contributed by atoms with Gasteiger partial charge in [-0.05, 0) is 44.7 Å². The highest BCUT2D eigenvalue weighted by Crippen LogP contribution is 2.25. The van der Waals surface area contributed by atoms with Crippen molar-refractivity contribution in [1.29, 1.82) is 0 Å². The fourth-order valence-electron chi connectivity index (χ4n) is 2.79. The maximum absolute atomic E-state index is 12.8. The SMILES string of the molecule is Cc1ccc(S(N)(=O)=O)c(C(=O)N2CC(C)CCC2C)c1. The van der Waals surface area contributed by atoms with Crippen LogP contribution in [0.15, 0.2) is 23.1 Å². The molecule has 2 rings (SSSR count). The molecule has 0 radical (unpaired) electrons. The number of hydrogen-bond acceptors (Lipinski definition) is 3. The van der Waals surface area contributed by atoms with Gasteiger partial charge in [0.25, 0.3) is 5.91 Å². The number of likely N-dealkylation sites (tertiary alicyclic amines) is 1. The Labute approximate surface area is 126 Å². The zero-order valence-corrected chi connectivity index (χ0v) is 13.5. The average molecular weight is 310 g/mol. The van der Waals surface area contributed by atoms with Crippen LogP contribution in [0.1, 0.15) is 42.6 Å². The van der Waals surface area contributed by atoms with E-state index in [2.05, 4.69) is 6.92 Å². The van der Waals surface area contributed by atoms with Gasteiger partial charge in [0.15, 0.2) is 0 Å². The van der Waals surface area contributed by atoms with Crippen LogP contribution in [0.2, 0.25) is 0 Å². The maximum atomic E-state index is 12.8. The number of carbonyl (C=O) groups excluding carboxylic acids is 1. The van der Waals surface area contributed by atoms with E-state index < -0.39 is 10.0 Å². The molecule has 1 saturated heterocycles. The number of piperidine rings is 1. The minimum atomic E-state index is -3.91. The van der Waals surface area contributed by atoms with Crippen molar-refractivity contribution in [3.63, 3.8) is 0 Å². The number of hydrogen-bond donors (Lipinski definition) is 1. The first-order chi connectivity index (χ1) is 9.70. The highest BCUT2D eigenvalue weighted by Gasteiger charge is 2.30. The molecule has 6 heteroatoms. The number of sulfonamides is 1. The number of nitrogens with two attached hydrogens (primary N) is 1. The Balaban J connectivity index is 2.45. The molecular formula is C15H22N2O3S. The second-order valence-corrected chi connectivity index (χ2v) is 7.56. The molecule has 116 valence electrons. The van der Waals surface area contributed by atoms with Crippen LogP contribution < -0.4 is 5.14 Å². The third-order valence-electron chi connectivity index (χ3n) is 4.05. The van der Waals surface area contributed by atoms with E-state index in [0.717, 1.165) is 18.4 Å². The van der Waals surface area contributed by atoms with Gasteiger partial charge in [-0.2, -0.15) is 0 Å². The zero-order chi connectivity index (χ0) is 15.8. The van der Waals surface area contributed by atoms with Crippen molar-refractivity contribution in [3.05, 3.63) is 29.3 Å². The fraction of sp³-hybridized carbons (Fsp3) is 0.533. The summed E-state index contributed by atoms with van der Waals surface area (Å²) in [6.07, 6.45) is 2.02. The van der Waals surface area contributed by atoms with E-state index in [9.17, 15) is 13.2 Å². The van der Waals surface area contributed by atoms with Gasteiger partial charge in [0.1, 0.15) is 0 Å². The van der Waals surface area contributed by atoms with Crippen LogP contribution in [0.4, 0.5) is 0 Å². The summed E-state index contributed by atoms with van der Waals surface area (Å²) in [5, 5.41) is 5.24. The molecule has 0 aromatic heterocycles. The number of rotatable bonds is 2. The van der Waals surface area contributed by atoms with Gasteiger partial charge in [-0.25, -0.2) is 13.6 Å². The van der Waals surface area contributed by atoms with E-state index >= 15 is 0 Å². The van der Waals surface area contributed by atoms with Crippen LogP contribution in [0.25, 0.3) is 0 Å². The lowest BCUT2D eigenvalue weighted by atomic mass is 9.94. The first kappa shape index (κ1) is 16.0. The highest BCUT2D eigenvalue weighted by molar-refractivity contribution is 7.89. The molecule has 1 aliphatic heterocycles. The number of carbonyl (C=O) groups is 1. The largest absolute Gasteiger partial charge is 0.336 e. The van der Waals surface area contributed by atoms with Crippen molar-refractivity contribution in [2.24, 2.45) is 11.1 Å². The Bertz CT molecular complexity index is 655. The molecular weight excluding hydrogens is 288 g/mol. The summed E-state index contributed by atoms with van der Waals surface area (Å²) in [7, 11) is -3.91. The van der Waals surface area contributed by atoms with Crippen molar-refractivity contribution in [1.82, 2.24) is 4.90 Å². The summed E-state index contributed by atoms with van der Waals surface area (Å²) in [5.41, 5.74) is 1.02. The molecule has 0 spiro atoms. The van der Waals surface area contributed by atoms with Crippen molar-refractivity contribution in [2.45, 2.75) is 44.6 Å². The van der Waals surface area contributed by atoms with Crippen LogP contribution in [-0.2, 0) is 10.0 Å². The molecule has 1 aromatic rings. The Hall–Kier alpha value is -1.40. The summed E-state index contributed by atoms with van der Waals surface area (Å²) in [4.78, 5) is 14.4. The fourth-order valence-corrected chi connectivity index (χ4v) is 3.50. The lowest BCUT2D eigenvalue weighted by Gasteiger charge is -2.37. The second kappa shape index (κ2) is 5.77. The van der Waals surface area contributed by atoms with Crippen LogP contribution in [0, 0.1) is 12.8 Å². The predicted molar refractivity (Wildman–Crippen MR) is 81.4 cm³/mol. The molecule has 21 heavy (non-hydrogen) atoms. The van der Waals surface area contributed by atoms with Gasteiger partial charge in [-0.15, -0.1) is 0 Å². The molecule has 2 atom stereocenters. The lowest BCUT2D eigenvalue weighted by molar-refractivity contribution is 0.0570. The number of nitrogens with zero attached hydrogens (tertiary/aromatic N) is 1. The van der Waals surface area contributed by atoms with Crippen molar-refractivity contribution < 1.29 is 13.2 Å². The van der Waals surface area contributed by atoms with Crippen molar-refractivity contribution >= 4 is 15.9 Å². The third kappa shape index (κ3) is 3.44. The van der Waals surface area contributed by atoms with Crippen LogP contribution in [0.5, 0.6) is 0 Å². The topological polar surface area (TPSA) is 80.5 Å². The van der Waals surface area contributed by atoms with E-state index in [1.54, 1.807) is 17.0 Å². The van der Waals surface area contributed by atoms with Gasteiger partial charge in [0, 0.05) is 12.6 Å². The van der Waals surface area contributed by atoms with Gasteiger partial charge in [0.05, 0.1) is 10.5 Å². The van der Waals surface area contributed by atoms with Crippen molar-refractivity contribution in [2.75, 3.05) is 6.54 Å².